The molecule has 0 unspecified atom stereocenters. The normalized spacial score (nSPS) is 29.1. The first-order chi connectivity index (χ1) is 12.9. The number of anilines is 1. The molecule has 27 heavy (non-hydrogen) atoms. The van der Waals surface area contributed by atoms with E-state index in [4.69, 9.17) is 27.9 Å². The molecule has 4 heterocycles. The highest BCUT2D eigenvalue weighted by atomic mass is 35.5. The van der Waals surface area contributed by atoms with Crippen molar-refractivity contribution < 1.29 is 14.3 Å². The van der Waals surface area contributed by atoms with Crippen molar-refractivity contribution in [2.24, 2.45) is 11.8 Å². The Hall–Kier alpha value is -1.89. The minimum atomic E-state index is -0.350. The van der Waals surface area contributed by atoms with Gasteiger partial charge in [-0.1, -0.05) is 29.3 Å². The standard InChI is InChI=1S/C19H17Cl2N3O3/c1-9-6-15(22-23(9)8-10-2-3-11(20)12(21)7-10)24-18(25)16-13-4-5-14(27-13)17(16)19(24)26/h2-3,6-7,13-14,16-17H,4-5,8H2,1H3/t13-,14-,16+,17+/m1/s1. The number of carbonyl (C=O) groups excluding carboxylic acids is 2. The maximum atomic E-state index is 12.9. The Balaban J connectivity index is 1.43. The second-order valence-electron chi connectivity index (χ2n) is 7.40. The van der Waals surface area contributed by atoms with Crippen molar-refractivity contribution >= 4 is 40.8 Å². The largest absolute Gasteiger partial charge is 0.373 e. The van der Waals surface area contributed by atoms with Crippen LogP contribution >= 0.6 is 23.2 Å². The lowest BCUT2D eigenvalue weighted by Crippen LogP contribution is -2.34. The predicted octanol–water partition coefficient (Wildman–Crippen LogP) is 3.21. The van der Waals surface area contributed by atoms with Crippen LogP contribution in [-0.2, 0) is 20.9 Å². The average Bonchev–Trinajstić information content (AvgIpc) is 3.37. The fourth-order valence-electron chi connectivity index (χ4n) is 4.51. The number of hydrogen-bond acceptors (Lipinski definition) is 4. The Kier molecular flexibility index (Phi) is 3.86. The number of ether oxygens (including phenoxy) is 1. The van der Waals surface area contributed by atoms with Crippen LogP contribution in [0.5, 0.6) is 0 Å². The van der Waals surface area contributed by atoms with Gasteiger partial charge in [0, 0.05) is 11.8 Å². The highest BCUT2D eigenvalue weighted by molar-refractivity contribution is 6.42. The first kappa shape index (κ1) is 17.2. The zero-order chi connectivity index (χ0) is 18.9. The molecule has 0 radical (unpaired) electrons. The van der Waals surface area contributed by atoms with Crippen LogP contribution in [0.15, 0.2) is 24.3 Å². The van der Waals surface area contributed by atoms with Gasteiger partial charge in [0.15, 0.2) is 5.82 Å². The minimum Gasteiger partial charge on any atom is -0.373 e. The molecule has 1 aromatic carbocycles. The molecular formula is C19H17Cl2N3O3. The first-order valence-electron chi connectivity index (χ1n) is 8.95. The lowest BCUT2D eigenvalue weighted by Gasteiger charge is -2.15. The topological polar surface area (TPSA) is 64.4 Å². The summed E-state index contributed by atoms with van der Waals surface area (Å²) in [4.78, 5) is 27.0. The maximum absolute atomic E-state index is 12.9. The molecule has 5 rings (SSSR count). The van der Waals surface area contributed by atoms with E-state index in [1.807, 2.05) is 13.0 Å². The number of nitrogens with zero attached hydrogens (tertiary/aromatic N) is 3. The van der Waals surface area contributed by atoms with Gasteiger partial charge in [0.2, 0.25) is 11.8 Å². The molecule has 2 amide bonds. The van der Waals surface area contributed by atoms with Gasteiger partial charge in [-0.3, -0.25) is 14.3 Å². The summed E-state index contributed by atoms with van der Waals surface area (Å²) in [5, 5.41) is 5.50. The number of hydrogen-bond donors (Lipinski definition) is 0. The van der Waals surface area contributed by atoms with E-state index in [2.05, 4.69) is 5.10 Å². The van der Waals surface area contributed by atoms with Gasteiger partial charge in [-0.15, -0.1) is 0 Å². The summed E-state index contributed by atoms with van der Waals surface area (Å²) in [6.07, 6.45) is 1.45. The van der Waals surface area contributed by atoms with Crippen LogP contribution in [0, 0.1) is 18.8 Å². The lowest BCUT2D eigenvalue weighted by molar-refractivity contribution is -0.124. The van der Waals surface area contributed by atoms with E-state index < -0.39 is 0 Å². The molecule has 0 N–H and O–H groups in total. The molecule has 8 heteroatoms. The summed E-state index contributed by atoms with van der Waals surface area (Å²) in [6.45, 7) is 2.37. The summed E-state index contributed by atoms with van der Waals surface area (Å²) < 4.78 is 7.53. The number of fused-ring (bicyclic) bond motifs is 5. The first-order valence-corrected chi connectivity index (χ1v) is 9.71. The van der Waals surface area contributed by atoms with E-state index in [1.54, 1.807) is 22.9 Å². The summed E-state index contributed by atoms with van der Waals surface area (Å²) >= 11 is 12.0. The second kappa shape index (κ2) is 6.06. The zero-order valence-corrected chi connectivity index (χ0v) is 16.1. The van der Waals surface area contributed by atoms with E-state index in [0.29, 0.717) is 22.4 Å². The van der Waals surface area contributed by atoms with Crippen LogP contribution in [0.4, 0.5) is 5.82 Å². The van der Waals surface area contributed by atoms with Crippen molar-refractivity contribution in [3.63, 3.8) is 0 Å². The van der Waals surface area contributed by atoms with Crippen molar-refractivity contribution in [1.29, 1.82) is 0 Å². The van der Waals surface area contributed by atoms with Crippen molar-refractivity contribution in [3.8, 4) is 0 Å². The van der Waals surface area contributed by atoms with Gasteiger partial charge in [-0.2, -0.15) is 5.10 Å². The van der Waals surface area contributed by atoms with Crippen molar-refractivity contribution in [3.05, 3.63) is 45.6 Å². The molecule has 3 aliphatic rings. The third kappa shape index (κ3) is 2.54. The van der Waals surface area contributed by atoms with E-state index in [0.717, 1.165) is 24.1 Å². The van der Waals surface area contributed by atoms with E-state index >= 15 is 0 Å². The molecule has 140 valence electrons. The number of rotatable bonds is 3. The van der Waals surface area contributed by atoms with E-state index in [1.165, 1.54) is 4.90 Å². The van der Waals surface area contributed by atoms with Gasteiger partial charge in [0.1, 0.15) is 0 Å². The van der Waals surface area contributed by atoms with E-state index in [9.17, 15) is 9.59 Å². The number of imide groups is 1. The molecule has 0 spiro atoms. The highest BCUT2D eigenvalue weighted by Gasteiger charge is 2.63. The SMILES string of the molecule is Cc1cc(N2C(=O)[C@@H]3[C@@H](C2=O)[C@H]2CC[C@H]3O2)nn1Cc1ccc(Cl)c(Cl)c1. The third-order valence-corrected chi connectivity index (χ3v) is 6.54. The molecule has 3 saturated heterocycles. The van der Waals surface area contributed by atoms with Gasteiger partial charge < -0.3 is 4.74 Å². The van der Waals surface area contributed by atoms with Crippen LogP contribution in [-0.4, -0.2) is 33.8 Å². The van der Waals surface area contributed by atoms with Gasteiger partial charge in [0.25, 0.3) is 0 Å². The zero-order valence-electron chi connectivity index (χ0n) is 14.6. The number of amides is 2. The summed E-state index contributed by atoms with van der Waals surface area (Å²) in [5.74, 6) is -0.683. The quantitative estimate of drug-likeness (QED) is 0.735. The molecule has 0 saturated carbocycles. The third-order valence-electron chi connectivity index (χ3n) is 5.80. The number of halogens is 2. The molecule has 1 aromatic heterocycles. The Labute approximate surface area is 166 Å². The average molecular weight is 406 g/mol. The Morgan fingerprint density at radius 3 is 2.37 bits per heavy atom. The summed E-state index contributed by atoms with van der Waals surface area (Å²) in [5.41, 5.74) is 1.79. The molecule has 0 aliphatic carbocycles. The van der Waals surface area contributed by atoms with Gasteiger partial charge >= 0.3 is 0 Å². The van der Waals surface area contributed by atoms with Gasteiger partial charge in [-0.25, -0.2) is 4.90 Å². The predicted molar refractivity (Wildman–Crippen MR) is 99.9 cm³/mol. The molecule has 4 atom stereocenters. The van der Waals surface area contributed by atoms with Crippen molar-refractivity contribution in [2.75, 3.05) is 4.90 Å². The Morgan fingerprint density at radius 1 is 1.07 bits per heavy atom. The highest BCUT2D eigenvalue weighted by Crippen LogP contribution is 2.49. The molecule has 3 fully saturated rings. The smallest absolute Gasteiger partial charge is 0.241 e. The molecule has 3 aliphatic heterocycles. The fraction of sp³-hybridized carbons (Fsp3) is 0.421. The van der Waals surface area contributed by atoms with Crippen LogP contribution in [0.2, 0.25) is 10.0 Å². The number of benzene rings is 1. The monoisotopic (exact) mass is 405 g/mol. The van der Waals surface area contributed by atoms with Crippen molar-refractivity contribution in [1.82, 2.24) is 9.78 Å². The fourth-order valence-corrected chi connectivity index (χ4v) is 4.83. The number of aromatic nitrogens is 2. The second-order valence-corrected chi connectivity index (χ2v) is 8.22. The summed E-state index contributed by atoms with van der Waals surface area (Å²) in [6, 6.07) is 7.18. The molecular weight excluding hydrogens is 389 g/mol. The lowest BCUT2D eigenvalue weighted by atomic mass is 9.81. The van der Waals surface area contributed by atoms with Crippen LogP contribution in [0.3, 0.4) is 0 Å². The number of carbonyl (C=O) groups is 2. The molecule has 2 aromatic rings. The minimum absolute atomic E-state index is 0.124. The summed E-state index contributed by atoms with van der Waals surface area (Å²) in [7, 11) is 0. The number of aryl methyl sites for hydroxylation is 1. The molecule has 2 bridgehead atoms. The maximum Gasteiger partial charge on any atom is 0.241 e. The van der Waals surface area contributed by atoms with Crippen LogP contribution < -0.4 is 4.90 Å². The Morgan fingerprint density at radius 2 is 1.74 bits per heavy atom. The van der Waals surface area contributed by atoms with E-state index in [-0.39, 0.29) is 35.9 Å². The van der Waals surface area contributed by atoms with Crippen LogP contribution in [0.1, 0.15) is 24.1 Å². The van der Waals surface area contributed by atoms with Crippen LogP contribution in [0.25, 0.3) is 0 Å². The van der Waals surface area contributed by atoms with Crippen molar-refractivity contribution in [2.45, 2.75) is 38.5 Å². The Bertz CT molecular complexity index is 945. The van der Waals surface area contributed by atoms with Gasteiger partial charge in [0.05, 0.1) is 40.6 Å². The van der Waals surface area contributed by atoms with Gasteiger partial charge in [-0.05, 0) is 37.5 Å². The molecule has 6 nitrogen and oxygen atoms in total.